The third-order valence-corrected chi connectivity index (χ3v) is 15.5. The molecule has 0 aliphatic heterocycles. The van der Waals surface area contributed by atoms with Gasteiger partial charge in [-0.3, -0.25) is 4.79 Å². The van der Waals surface area contributed by atoms with E-state index < -0.39 is 16.8 Å². The molecule has 0 aromatic heterocycles. The van der Waals surface area contributed by atoms with Gasteiger partial charge in [0.2, 0.25) is 0 Å². The summed E-state index contributed by atoms with van der Waals surface area (Å²) in [5.74, 6) is 0.210. The molecule has 0 spiro atoms. The highest BCUT2D eigenvalue weighted by atomic mass is 32.2. The van der Waals surface area contributed by atoms with Gasteiger partial charge in [-0.05, 0) is 98.1 Å². The van der Waals surface area contributed by atoms with Gasteiger partial charge in [0.05, 0.1) is 12.1 Å². The van der Waals surface area contributed by atoms with Gasteiger partial charge in [-0.2, -0.15) is 0 Å². The molecular weight excluding hydrogens is 549 g/mol. The molecule has 0 saturated carbocycles. The predicted molar refractivity (Wildman–Crippen MR) is 172 cm³/mol. The number of carbonyl (C=O) groups is 1. The molecule has 0 atom stereocenters. The van der Waals surface area contributed by atoms with Crippen molar-refractivity contribution in [2.24, 2.45) is 0 Å². The van der Waals surface area contributed by atoms with Crippen LogP contribution in [0.3, 0.4) is 0 Å². The third-order valence-electron chi connectivity index (χ3n) is 7.44. The summed E-state index contributed by atoms with van der Waals surface area (Å²) in [6.45, 7) is 33.7. The van der Waals surface area contributed by atoms with E-state index in [-0.39, 0.29) is 35.3 Å². The maximum atomic E-state index is 12.7. The van der Waals surface area contributed by atoms with Crippen molar-refractivity contribution in [1.82, 2.24) is 14.7 Å². The van der Waals surface area contributed by atoms with Crippen molar-refractivity contribution in [3.8, 4) is 0 Å². The summed E-state index contributed by atoms with van der Waals surface area (Å²) in [4.78, 5) is 12.7. The zero-order valence-electron chi connectivity index (χ0n) is 27.8. The molecule has 8 nitrogen and oxygen atoms in total. The molecule has 0 aliphatic rings. The summed E-state index contributed by atoms with van der Waals surface area (Å²) in [5, 5.41) is 3.23. The first-order valence-corrected chi connectivity index (χ1v) is 19.7. The van der Waals surface area contributed by atoms with Crippen LogP contribution in [0.4, 0.5) is 4.79 Å². The quantitative estimate of drug-likeness (QED) is 0.0676. The minimum atomic E-state index is -1.91. The molecule has 0 heterocycles. The van der Waals surface area contributed by atoms with Gasteiger partial charge in [0.1, 0.15) is 5.94 Å². The molecule has 0 aromatic rings. The molecule has 0 rings (SSSR count). The van der Waals surface area contributed by atoms with E-state index in [0.717, 1.165) is 24.6 Å². The molecule has 234 valence electrons. The number of nitrogens with zero attached hydrogens (tertiary/aromatic N) is 2. The summed E-state index contributed by atoms with van der Waals surface area (Å²) in [5.41, 5.74) is -0.376. The van der Waals surface area contributed by atoms with Crippen molar-refractivity contribution in [3.63, 3.8) is 0 Å². The van der Waals surface area contributed by atoms with Gasteiger partial charge in [-0.25, -0.2) is 9.34 Å². The minimum Gasteiger partial charge on any atom is -0.414 e. The van der Waals surface area contributed by atoms with Crippen molar-refractivity contribution >= 4 is 33.8 Å². The number of thioether (sulfide) groups is 1. The Morgan fingerprint density at radius 1 is 0.846 bits per heavy atom. The van der Waals surface area contributed by atoms with Gasteiger partial charge < -0.3 is 23.7 Å². The second-order valence-electron chi connectivity index (χ2n) is 12.9. The number of hydrogen-bond donors (Lipinski definition) is 1. The molecule has 0 aromatic carbocycles. The zero-order chi connectivity index (χ0) is 30.6. The molecule has 39 heavy (non-hydrogen) atoms. The molecule has 0 radical (unpaired) electrons. The highest BCUT2D eigenvalue weighted by molar-refractivity contribution is 8.13. The Balaban J connectivity index is 4.81. The molecule has 0 saturated heterocycles. The van der Waals surface area contributed by atoms with Crippen LogP contribution in [0.1, 0.15) is 103 Å². The predicted octanol–water partition coefficient (Wildman–Crippen LogP) is 8.40. The van der Waals surface area contributed by atoms with Crippen molar-refractivity contribution in [1.29, 1.82) is 0 Å². The molecule has 1 N–H and O–H groups in total. The fraction of sp³-hybridized carbons (Fsp3) is 0.964. The van der Waals surface area contributed by atoms with Crippen LogP contribution in [0.5, 0.6) is 0 Å². The van der Waals surface area contributed by atoms with E-state index in [2.05, 4.69) is 118 Å². The molecule has 11 heteroatoms. The van der Waals surface area contributed by atoms with Crippen LogP contribution in [-0.4, -0.2) is 78.7 Å². The standard InChI is InChI=1S/C28H62N3O5PSSi/c1-16-28(17-2,18-36-39(14,15)27(11,12)13)29-26(32)38-21-34-19-33-20-35-37(30(22(3)4)23(5)6)31(24(7)8)25(9)10/h22-25H,16-21H2,1-15H3,(H,29,32). The summed E-state index contributed by atoms with van der Waals surface area (Å²) in [6.07, 6.45) is 1.62. The first-order valence-electron chi connectivity index (χ1n) is 14.6. The molecule has 0 fully saturated rings. The first-order chi connectivity index (χ1) is 17.9. The third kappa shape index (κ3) is 13.4. The lowest BCUT2D eigenvalue weighted by atomic mass is 9.94. The number of rotatable bonds is 19. The Hall–Kier alpha value is 0.227. The second kappa shape index (κ2) is 18.0. The topological polar surface area (TPSA) is 72.5 Å². The van der Waals surface area contributed by atoms with Gasteiger partial charge >= 0.3 is 0 Å². The molecule has 0 bridgehead atoms. The van der Waals surface area contributed by atoms with Crippen molar-refractivity contribution in [2.45, 2.75) is 151 Å². The van der Waals surface area contributed by atoms with Crippen LogP contribution in [-0.2, 0) is 18.4 Å². The minimum absolute atomic E-state index is 0.0668. The normalized spacial score (nSPS) is 13.8. The fourth-order valence-corrected chi connectivity index (χ4v) is 7.87. The first kappa shape index (κ1) is 39.2. The average molecular weight is 612 g/mol. The van der Waals surface area contributed by atoms with Crippen LogP contribution in [0.2, 0.25) is 18.1 Å². The summed E-state index contributed by atoms with van der Waals surface area (Å²) < 4.78 is 28.9. The highest BCUT2D eigenvalue weighted by Gasteiger charge is 2.40. The second-order valence-corrected chi connectivity index (χ2v) is 20.3. The van der Waals surface area contributed by atoms with Crippen molar-refractivity contribution < 1.29 is 23.2 Å². The van der Waals surface area contributed by atoms with Gasteiger partial charge in [0.15, 0.2) is 30.4 Å². The van der Waals surface area contributed by atoms with E-state index in [9.17, 15) is 4.79 Å². The fourth-order valence-electron chi connectivity index (χ4n) is 4.00. The van der Waals surface area contributed by atoms with Crippen LogP contribution in [0.25, 0.3) is 0 Å². The van der Waals surface area contributed by atoms with Crippen LogP contribution < -0.4 is 5.32 Å². The smallest absolute Gasteiger partial charge is 0.281 e. The average Bonchev–Trinajstić information content (AvgIpc) is 2.79. The Morgan fingerprint density at radius 2 is 1.31 bits per heavy atom. The maximum absolute atomic E-state index is 12.7. The Bertz CT molecular complexity index is 653. The Morgan fingerprint density at radius 3 is 1.69 bits per heavy atom. The summed E-state index contributed by atoms with van der Waals surface area (Å²) in [6, 6.07) is 1.36. The van der Waals surface area contributed by atoms with Crippen molar-refractivity contribution in [3.05, 3.63) is 0 Å². The van der Waals surface area contributed by atoms with Crippen molar-refractivity contribution in [2.75, 3.05) is 26.1 Å². The monoisotopic (exact) mass is 611 g/mol. The Labute approximate surface area is 248 Å². The van der Waals surface area contributed by atoms with Crippen LogP contribution >= 0.6 is 20.2 Å². The molecular formula is C28H62N3O5PSSi. The number of hydrogen-bond acceptors (Lipinski definition) is 8. The lowest BCUT2D eigenvalue weighted by molar-refractivity contribution is -0.0892. The Kier molecular flexibility index (Phi) is 18.1. The van der Waals surface area contributed by atoms with E-state index in [4.69, 9.17) is 18.4 Å². The largest absolute Gasteiger partial charge is 0.414 e. The van der Waals surface area contributed by atoms with E-state index in [1.165, 1.54) is 0 Å². The van der Waals surface area contributed by atoms with E-state index in [1.54, 1.807) is 0 Å². The van der Waals surface area contributed by atoms with Crippen LogP contribution in [0, 0.1) is 0 Å². The highest BCUT2D eigenvalue weighted by Crippen LogP contribution is 2.50. The lowest BCUT2D eigenvalue weighted by Gasteiger charge is -2.45. The van der Waals surface area contributed by atoms with Gasteiger partial charge in [0, 0.05) is 24.2 Å². The molecule has 0 unspecified atom stereocenters. The van der Waals surface area contributed by atoms with E-state index in [1.807, 2.05) is 0 Å². The molecule has 1 amide bonds. The van der Waals surface area contributed by atoms with Gasteiger partial charge in [-0.1, -0.05) is 34.6 Å². The van der Waals surface area contributed by atoms with E-state index >= 15 is 0 Å². The molecule has 0 aliphatic carbocycles. The lowest BCUT2D eigenvalue weighted by Crippen LogP contribution is -2.53. The summed E-state index contributed by atoms with van der Waals surface area (Å²) >= 11 is 1.11. The summed E-state index contributed by atoms with van der Waals surface area (Å²) in [7, 11) is -2.92. The number of ether oxygens (including phenoxy) is 2. The number of carbonyl (C=O) groups excluding carboxylic acids is 1. The van der Waals surface area contributed by atoms with Gasteiger partial charge in [0.25, 0.3) is 5.24 Å². The van der Waals surface area contributed by atoms with E-state index in [0.29, 0.717) is 30.8 Å². The number of amides is 1. The van der Waals surface area contributed by atoms with Crippen LogP contribution in [0.15, 0.2) is 0 Å². The SMILES string of the molecule is CCC(CC)(CO[Si](C)(C)C(C)(C)C)NC(=O)SCOCOCOP(N(C(C)C)C(C)C)N(C(C)C)C(C)C. The maximum Gasteiger partial charge on any atom is 0.281 e. The number of nitrogens with one attached hydrogen (secondary N) is 1. The zero-order valence-corrected chi connectivity index (χ0v) is 30.6. The van der Waals surface area contributed by atoms with Gasteiger partial charge in [-0.15, -0.1) is 0 Å².